The molecule has 0 aliphatic carbocycles. The minimum atomic E-state index is -0.307. The predicted octanol–water partition coefficient (Wildman–Crippen LogP) is 2.29. The number of phenolic OH excluding ortho intramolecular Hbond substituents is 1. The Kier molecular flexibility index (Phi) is 2.64. The van der Waals surface area contributed by atoms with Crippen LogP contribution in [0.15, 0.2) is 55.0 Å². The topological polar surface area (TPSA) is 66.6 Å². The fraction of sp³-hybridized carbons (Fsp3) is 0. The predicted molar refractivity (Wildman–Crippen MR) is 71.3 cm³/mol. The number of carbonyl (C=O) groups is 1. The van der Waals surface area contributed by atoms with Gasteiger partial charge in [-0.25, -0.2) is 4.98 Å². The van der Waals surface area contributed by atoms with Gasteiger partial charge in [0.15, 0.2) is 0 Å². The second-order valence-electron chi connectivity index (χ2n) is 4.05. The number of fused-ring (bicyclic) bond motifs is 1. The number of nitrogens with zero attached hydrogens (tertiary/aromatic N) is 2. The summed E-state index contributed by atoms with van der Waals surface area (Å²) in [6, 6.07) is 10.1. The van der Waals surface area contributed by atoms with Crippen LogP contribution in [0.2, 0.25) is 0 Å². The Morgan fingerprint density at radius 3 is 2.84 bits per heavy atom. The highest BCUT2D eigenvalue weighted by atomic mass is 16.3. The van der Waals surface area contributed by atoms with E-state index < -0.39 is 0 Å². The van der Waals surface area contributed by atoms with Crippen LogP contribution in [-0.2, 0) is 0 Å². The number of hydrogen-bond acceptors (Lipinski definition) is 3. The van der Waals surface area contributed by atoms with Gasteiger partial charge < -0.3 is 14.8 Å². The zero-order chi connectivity index (χ0) is 13.2. The van der Waals surface area contributed by atoms with Crippen molar-refractivity contribution in [2.75, 3.05) is 5.32 Å². The normalized spacial score (nSPS) is 10.5. The average Bonchev–Trinajstić information content (AvgIpc) is 2.89. The molecule has 0 atom stereocenters. The molecule has 5 heteroatoms. The standard InChI is InChI=1S/C14H11N3O2/c18-12-6-2-1-5-11(12)16-14(19)10-4-3-8-17-9-7-15-13(10)17/h1-9,18H,(H,16,19). The van der Waals surface area contributed by atoms with Crippen molar-refractivity contribution in [1.29, 1.82) is 0 Å². The zero-order valence-corrected chi connectivity index (χ0v) is 9.95. The van der Waals surface area contributed by atoms with E-state index in [1.54, 1.807) is 47.1 Å². The van der Waals surface area contributed by atoms with Crippen molar-refractivity contribution in [1.82, 2.24) is 9.38 Å². The molecular weight excluding hydrogens is 242 g/mol. The molecular formula is C14H11N3O2. The minimum Gasteiger partial charge on any atom is -0.506 e. The van der Waals surface area contributed by atoms with Crippen LogP contribution in [0.4, 0.5) is 5.69 Å². The molecule has 5 nitrogen and oxygen atoms in total. The Hall–Kier alpha value is -2.82. The third-order valence-corrected chi connectivity index (χ3v) is 2.82. The second kappa shape index (κ2) is 4.45. The van der Waals surface area contributed by atoms with Gasteiger partial charge in [-0.3, -0.25) is 4.79 Å². The molecule has 0 unspecified atom stereocenters. The molecule has 3 aromatic rings. The summed E-state index contributed by atoms with van der Waals surface area (Å²) in [6.45, 7) is 0. The number of phenols is 1. The molecule has 0 saturated heterocycles. The van der Waals surface area contributed by atoms with Crippen molar-refractivity contribution in [2.45, 2.75) is 0 Å². The summed E-state index contributed by atoms with van der Waals surface area (Å²) < 4.78 is 1.76. The number of carbonyl (C=O) groups excluding carboxylic acids is 1. The van der Waals surface area contributed by atoms with Gasteiger partial charge in [-0.2, -0.15) is 0 Å². The van der Waals surface area contributed by atoms with Crippen LogP contribution >= 0.6 is 0 Å². The van der Waals surface area contributed by atoms with Crippen LogP contribution < -0.4 is 5.32 Å². The summed E-state index contributed by atoms with van der Waals surface area (Å²) in [5, 5.41) is 12.3. The number of aromatic hydroxyl groups is 1. The monoisotopic (exact) mass is 253 g/mol. The molecule has 2 aromatic heterocycles. The van der Waals surface area contributed by atoms with E-state index in [9.17, 15) is 9.90 Å². The maximum Gasteiger partial charge on any atom is 0.259 e. The molecule has 2 heterocycles. The fourth-order valence-corrected chi connectivity index (χ4v) is 1.89. The molecule has 0 bridgehead atoms. The summed E-state index contributed by atoms with van der Waals surface area (Å²) in [4.78, 5) is 16.3. The Morgan fingerprint density at radius 2 is 2.00 bits per heavy atom. The summed E-state index contributed by atoms with van der Waals surface area (Å²) in [7, 11) is 0. The quantitative estimate of drug-likeness (QED) is 0.688. The third-order valence-electron chi connectivity index (χ3n) is 2.82. The number of imidazole rings is 1. The summed E-state index contributed by atoms with van der Waals surface area (Å²) >= 11 is 0. The minimum absolute atomic E-state index is 0.0335. The van der Waals surface area contributed by atoms with Crippen LogP contribution in [0.1, 0.15) is 10.4 Å². The Labute approximate surface area is 109 Å². The van der Waals surface area contributed by atoms with E-state index in [-0.39, 0.29) is 11.7 Å². The number of anilines is 1. The largest absolute Gasteiger partial charge is 0.506 e. The first-order chi connectivity index (χ1) is 9.25. The zero-order valence-electron chi connectivity index (χ0n) is 9.95. The number of para-hydroxylation sites is 2. The van der Waals surface area contributed by atoms with Crippen molar-refractivity contribution >= 4 is 17.2 Å². The van der Waals surface area contributed by atoms with Gasteiger partial charge >= 0.3 is 0 Å². The molecule has 0 saturated carbocycles. The number of pyridine rings is 1. The second-order valence-corrected chi connectivity index (χ2v) is 4.05. The van der Waals surface area contributed by atoms with Gasteiger partial charge in [0, 0.05) is 18.6 Å². The van der Waals surface area contributed by atoms with Crippen molar-refractivity contribution in [3.8, 4) is 5.75 Å². The summed E-state index contributed by atoms with van der Waals surface area (Å²) in [6.07, 6.45) is 5.22. The van der Waals surface area contributed by atoms with Gasteiger partial charge in [0.2, 0.25) is 0 Å². The molecule has 19 heavy (non-hydrogen) atoms. The Morgan fingerprint density at radius 1 is 1.16 bits per heavy atom. The lowest BCUT2D eigenvalue weighted by atomic mass is 10.2. The number of amides is 1. The summed E-state index contributed by atoms with van der Waals surface area (Å²) in [5.41, 5.74) is 1.41. The first kappa shape index (κ1) is 11.3. The molecule has 0 fully saturated rings. The van der Waals surface area contributed by atoms with Crippen molar-refractivity contribution in [2.24, 2.45) is 0 Å². The Bertz CT molecular complexity index is 749. The number of benzene rings is 1. The van der Waals surface area contributed by atoms with Gasteiger partial charge in [-0.05, 0) is 24.3 Å². The van der Waals surface area contributed by atoms with E-state index in [0.29, 0.717) is 16.9 Å². The number of hydrogen-bond donors (Lipinski definition) is 2. The lowest BCUT2D eigenvalue weighted by Gasteiger charge is -2.07. The number of aromatic nitrogens is 2. The van der Waals surface area contributed by atoms with Gasteiger partial charge in [0.1, 0.15) is 11.4 Å². The first-order valence-corrected chi connectivity index (χ1v) is 5.77. The van der Waals surface area contributed by atoms with Gasteiger partial charge in [-0.1, -0.05) is 12.1 Å². The van der Waals surface area contributed by atoms with Crippen LogP contribution in [-0.4, -0.2) is 20.4 Å². The molecule has 0 spiro atoms. The van der Waals surface area contributed by atoms with E-state index in [1.807, 2.05) is 6.20 Å². The smallest absolute Gasteiger partial charge is 0.259 e. The maximum absolute atomic E-state index is 12.2. The molecule has 0 aliphatic rings. The van der Waals surface area contributed by atoms with E-state index >= 15 is 0 Å². The molecule has 0 radical (unpaired) electrons. The SMILES string of the molecule is O=C(Nc1ccccc1O)c1cccn2ccnc12. The van der Waals surface area contributed by atoms with Crippen LogP contribution in [0.5, 0.6) is 5.75 Å². The van der Waals surface area contributed by atoms with E-state index in [0.717, 1.165) is 0 Å². The van der Waals surface area contributed by atoms with Crippen molar-refractivity contribution in [3.05, 3.63) is 60.6 Å². The molecule has 2 N–H and O–H groups in total. The highest BCUT2D eigenvalue weighted by Gasteiger charge is 2.12. The fourth-order valence-electron chi connectivity index (χ4n) is 1.89. The lowest BCUT2D eigenvalue weighted by molar-refractivity contribution is 0.102. The Balaban J connectivity index is 1.97. The maximum atomic E-state index is 12.2. The van der Waals surface area contributed by atoms with Crippen LogP contribution in [0.3, 0.4) is 0 Å². The van der Waals surface area contributed by atoms with Gasteiger partial charge in [-0.15, -0.1) is 0 Å². The molecule has 1 aromatic carbocycles. The molecule has 3 rings (SSSR count). The van der Waals surface area contributed by atoms with E-state index in [4.69, 9.17) is 0 Å². The van der Waals surface area contributed by atoms with E-state index in [2.05, 4.69) is 10.3 Å². The number of rotatable bonds is 2. The molecule has 0 aliphatic heterocycles. The van der Waals surface area contributed by atoms with Crippen molar-refractivity contribution < 1.29 is 9.90 Å². The van der Waals surface area contributed by atoms with Gasteiger partial charge in [0.25, 0.3) is 5.91 Å². The highest BCUT2D eigenvalue weighted by Crippen LogP contribution is 2.22. The average molecular weight is 253 g/mol. The molecule has 94 valence electrons. The van der Waals surface area contributed by atoms with Gasteiger partial charge in [0.05, 0.1) is 11.3 Å². The number of nitrogens with one attached hydrogen (secondary N) is 1. The lowest BCUT2D eigenvalue weighted by Crippen LogP contribution is -2.13. The summed E-state index contributed by atoms with van der Waals surface area (Å²) in [5.74, 6) is -0.274. The van der Waals surface area contributed by atoms with Crippen molar-refractivity contribution in [3.63, 3.8) is 0 Å². The first-order valence-electron chi connectivity index (χ1n) is 5.77. The van der Waals surface area contributed by atoms with E-state index in [1.165, 1.54) is 6.07 Å². The highest BCUT2D eigenvalue weighted by molar-refractivity contribution is 6.08. The molecule has 1 amide bonds. The third kappa shape index (κ3) is 2.01. The van der Waals surface area contributed by atoms with Crippen LogP contribution in [0, 0.1) is 0 Å². The van der Waals surface area contributed by atoms with Crippen LogP contribution in [0.25, 0.3) is 5.65 Å².